The molecular formula is C15H23FN2O. The first kappa shape index (κ1) is 15.5. The van der Waals surface area contributed by atoms with Gasteiger partial charge in [0.15, 0.2) is 0 Å². The second-order valence-corrected chi connectivity index (χ2v) is 5.00. The fraction of sp³-hybridized carbons (Fsp3) is 0.533. The molecule has 2 N–H and O–H groups in total. The van der Waals surface area contributed by atoms with Gasteiger partial charge in [0.1, 0.15) is 11.9 Å². The van der Waals surface area contributed by atoms with Crippen LogP contribution >= 0.6 is 0 Å². The van der Waals surface area contributed by atoms with E-state index in [1.54, 1.807) is 13.0 Å². The summed E-state index contributed by atoms with van der Waals surface area (Å²) in [6.45, 7) is 7.60. The number of nitrogens with one attached hydrogen (secondary N) is 2. The van der Waals surface area contributed by atoms with Crippen molar-refractivity contribution in [1.82, 2.24) is 5.32 Å². The van der Waals surface area contributed by atoms with Crippen LogP contribution in [0.3, 0.4) is 0 Å². The Kier molecular flexibility index (Phi) is 5.80. The molecule has 0 saturated heterocycles. The van der Waals surface area contributed by atoms with E-state index in [-0.39, 0.29) is 17.8 Å². The molecule has 2 atom stereocenters. The Balaban J connectivity index is 2.64. The molecule has 0 aliphatic rings. The SMILES string of the molecule is CCCC(C)NC(=O)C(C)Nc1c(C)cccc1F. The van der Waals surface area contributed by atoms with Gasteiger partial charge in [0.25, 0.3) is 0 Å². The Morgan fingerprint density at radius 3 is 2.63 bits per heavy atom. The van der Waals surface area contributed by atoms with Crippen LogP contribution in [0.5, 0.6) is 0 Å². The molecule has 0 radical (unpaired) electrons. The number of benzene rings is 1. The molecule has 0 saturated carbocycles. The minimum absolute atomic E-state index is 0.108. The molecule has 4 heteroatoms. The Hall–Kier alpha value is -1.58. The zero-order valence-corrected chi connectivity index (χ0v) is 12.1. The fourth-order valence-electron chi connectivity index (χ4n) is 1.97. The molecule has 1 amide bonds. The molecule has 3 nitrogen and oxygen atoms in total. The molecule has 0 aliphatic heterocycles. The third-order valence-corrected chi connectivity index (χ3v) is 3.09. The summed E-state index contributed by atoms with van der Waals surface area (Å²) in [6, 6.07) is 4.54. The van der Waals surface area contributed by atoms with Crippen LogP contribution in [0, 0.1) is 12.7 Å². The van der Waals surface area contributed by atoms with Crippen LogP contribution in [-0.4, -0.2) is 18.0 Å². The zero-order chi connectivity index (χ0) is 14.4. The second-order valence-electron chi connectivity index (χ2n) is 5.00. The van der Waals surface area contributed by atoms with Crippen LogP contribution in [0.4, 0.5) is 10.1 Å². The highest BCUT2D eigenvalue weighted by Crippen LogP contribution is 2.19. The topological polar surface area (TPSA) is 41.1 Å². The number of carbonyl (C=O) groups excluding carboxylic acids is 1. The van der Waals surface area contributed by atoms with E-state index in [0.29, 0.717) is 5.69 Å². The average Bonchev–Trinajstić information content (AvgIpc) is 2.34. The quantitative estimate of drug-likeness (QED) is 0.830. The maximum absolute atomic E-state index is 13.7. The van der Waals surface area contributed by atoms with Gasteiger partial charge in [-0.05, 0) is 38.8 Å². The van der Waals surface area contributed by atoms with Crippen molar-refractivity contribution in [3.63, 3.8) is 0 Å². The van der Waals surface area contributed by atoms with Gasteiger partial charge in [-0.3, -0.25) is 4.79 Å². The summed E-state index contributed by atoms with van der Waals surface area (Å²) in [6.07, 6.45) is 1.97. The van der Waals surface area contributed by atoms with E-state index in [2.05, 4.69) is 17.6 Å². The molecule has 1 rings (SSSR count). The minimum atomic E-state index is -0.463. The van der Waals surface area contributed by atoms with Crippen molar-refractivity contribution >= 4 is 11.6 Å². The number of rotatable bonds is 6. The van der Waals surface area contributed by atoms with Gasteiger partial charge in [-0.25, -0.2) is 4.39 Å². The number of hydrogen-bond donors (Lipinski definition) is 2. The summed E-state index contributed by atoms with van der Waals surface area (Å²) in [5, 5.41) is 5.85. The predicted octanol–water partition coefficient (Wildman–Crippen LogP) is 3.24. The average molecular weight is 266 g/mol. The van der Waals surface area contributed by atoms with E-state index in [1.165, 1.54) is 6.07 Å². The zero-order valence-electron chi connectivity index (χ0n) is 12.1. The van der Waals surface area contributed by atoms with E-state index in [9.17, 15) is 9.18 Å². The molecule has 19 heavy (non-hydrogen) atoms. The first-order valence-electron chi connectivity index (χ1n) is 6.77. The maximum atomic E-state index is 13.7. The Bertz CT molecular complexity index is 414. The van der Waals surface area contributed by atoms with Crippen molar-refractivity contribution in [3.05, 3.63) is 29.6 Å². The van der Waals surface area contributed by atoms with Gasteiger partial charge in [0.2, 0.25) is 5.91 Å². The van der Waals surface area contributed by atoms with Crippen LogP contribution in [0.2, 0.25) is 0 Å². The highest BCUT2D eigenvalue weighted by molar-refractivity contribution is 5.84. The lowest BCUT2D eigenvalue weighted by Gasteiger charge is -2.20. The van der Waals surface area contributed by atoms with Crippen LogP contribution in [0.15, 0.2) is 18.2 Å². The summed E-state index contributed by atoms with van der Waals surface area (Å²) in [4.78, 5) is 12.0. The largest absolute Gasteiger partial charge is 0.371 e. The molecule has 2 unspecified atom stereocenters. The number of para-hydroxylation sites is 1. The molecule has 0 bridgehead atoms. The smallest absolute Gasteiger partial charge is 0.242 e. The lowest BCUT2D eigenvalue weighted by molar-refractivity contribution is -0.122. The normalized spacial score (nSPS) is 13.7. The number of carbonyl (C=O) groups is 1. The van der Waals surface area contributed by atoms with Crippen molar-refractivity contribution in [2.45, 2.75) is 52.6 Å². The lowest BCUT2D eigenvalue weighted by Crippen LogP contribution is -2.42. The molecule has 0 aromatic heterocycles. The predicted molar refractivity (Wildman–Crippen MR) is 76.7 cm³/mol. The third kappa shape index (κ3) is 4.54. The van der Waals surface area contributed by atoms with Gasteiger partial charge in [-0.2, -0.15) is 0 Å². The van der Waals surface area contributed by atoms with Crippen molar-refractivity contribution in [2.75, 3.05) is 5.32 Å². The Labute approximate surface area is 114 Å². The highest BCUT2D eigenvalue weighted by atomic mass is 19.1. The van der Waals surface area contributed by atoms with Crippen LogP contribution < -0.4 is 10.6 Å². The number of anilines is 1. The fourth-order valence-corrected chi connectivity index (χ4v) is 1.97. The van der Waals surface area contributed by atoms with Crippen molar-refractivity contribution in [3.8, 4) is 0 Å². The van der Waals surface area contributed by atoms with Crippen molar-refractivity contribution < 1.29 is 9.18 Å². The van der Waals surface area contributed by atoms with Crippen LogP contribution in [0.25, 0.3) is 0 Å². The standard InChI is InChI=1S/C15H23FN2O/c1-5-7-11(3)17-15(19)12(4)18-14-10(2)8-6-9-13(14)16/h6,8-9,11-12,18H,5,7H2,1-4H3,(H,17,19). The molecule has 0 aliphatic carbocycles. The van der Waals surface area contributed by atoms with E-state index in [1.807, 2.05) is 19.9 Å². The number of aryl methyl sites for hydroxylation is 1. The minimum Gasteiger partial charge on any atom is -0.371 e. The number of halogens is 1. The van der Waals surface area contributed by atoms with E-state index >= 15 is 0 Å². The molecular weight excluding hydrogens is 243 g/mol. The van der Waals surface area contributed by atoms with Crippen LogP contribution in [0.1, 0.15) is 39.2 Å². The number of hydrogen-bond acceptors (Lipinski definition) is 2. The van der Waals surface area contributed by atoms with Crippen molar-refractivity contribution in [1.29, 1.82) is 0 Å². The summed E-state index contributed by atoms with van der Waals surface area (Å²) in [5.41, 5.74) is 1.19. The van der Waals surface area contributed by atoms with E-state index < -0.39 is 6.04 Å². The molecule has 1 aromatic rings. The van der Waals surface area contributed by atoms with Gasteiger partial charge in [0, 0.05) is 6.04 Å². The molecule has 0 fully saturated rings. The van der Waals surface area contributed by atoms with Gasteiger partial charge in [-0.15, -0.1) is 0 Å². The Morgan fingerprint density at radius 2 is 2.05 bits per heavy atom. The van der Waals surface area contributed by atoms with Gasteiger partial charge < -0.3 is 10.6 Å². The van der Waals surface area contributed by atoms with Crippen LogP contribution in [-0.2, 0) is 4.79 Å². The van der Waals surface area contributed by atoms with E-state index in [0.717, 1.165) is 18.4 Å². The maximum Gasteiger partial charge on any atom is 0.242 e. The first-order chi connectivity index (χ1) is 8.95. The highest BCUT2D eigenvalue weighted by Gasteiger charge is 2.17. The second kappa shape index (κ2) is 7.12. The monoisotopic (exact) mass is 266 g/mol. The first-order valence-corrected chi connectivity index (χ1v) is 6.77. The van der Waals surface area contributed by atoms with Gasteiger partial charge in [-0.1, -0.05) is 25.5 Å². The van der Waals surface area contributed by atoms with Gasteiger partial charge >= 0.3 is 0 Å². The van der Waals surface area contributed by atoms with E-state index in [4.69, 9.17) is 0 Å². The summed E-state index contributed by atoms with van der Waals surface area (Å²) < 4.78 is 13.7. The third-order valence-electron chi connectivity index (χ3n) is 3.09. The molecule has 0 heterocycles. The number of amides is 1. The molecule has 1 aromatic carbocycles. The lowest BCUT2D eigenvalue weighted by atomic mass is 10.1. The summed E-state index contributed by atoms with van der Waals surface area (Å²) in [7, 11) is 0. The summed E-state index contributed by atoms with van der Waals surface area (Å²) in [5.74, 6) is -0.440. The molecule has 106 valence electrons. The Morgan fingerprint density at radius 1 is 1.37 bits per heavy atom. The molecule has 0 spiro atoms. The van der Waals surface area contributed by atoms with Gasteiger partial charge in [0.05, 0.1) is 5.69 Å². The summed E-state index contributed by atoms with van der Waals surface area (Å²) >= 11 is 0. The van der Waals surface area contributed by atoms with Crippen molar-refractivity contribution in [2.24, 2.45) is 0 Å².